The lowest BCUT2D eigenvalue weighted by atomic mass is 10.1. The van der Waals surface area contributed by atoms with Crippen LogP contribution in [0.25, 0.3) is 0 Å². The van der Waals surface area contributed by atoms with Gasteiger partial charge in [0.1, 0.15) is 12.4 Å². The van der Waals surface area contributed by atoms with Crippen molar-refractivity contribution in [2.24, 2.45) is 0 Å². The third-order valence-corrected chi connectivity index (χ3v) is 3.21. The van der Waals surface area contributed by atoms with Crippen molar-refractivity contribution in [2.75, 3.05) is 6.61 Å². The van der Waals surface area contributed by atoms with Crippen molar-refractivity contribution in [3.05, 3.63) is 48.3 Å². The average molecular weight is 334 g/mol. The first-order valence-corrected chi connectivity index (χ1v) is 7.19. The first kappa shape index (κ1) is 17.4. The number of amides is 1. The summed E-state index contributed by atoms with van der Waals surface area (Å²) in [5.41, 5.74) is -1.30. The number of benzene rings is 1. The van der Waals surface area contributed by atoms with Crippen LogP contribution < -0.4 is 10.1 Å². The molecule has 8 heteroatoms. The molecule has 0 unspecified atom stereocenters. The third kappa shape index (κ3) is 4.78. The van der Waals surface area contributed by atoms with Gasteiger partial charge in [-0.05, 0) is 25.1 Å². The van der Waals surface area contributed by atoms with Gasteiger partial charge in [0.05, 0.1) is 6.07 Å². The molecule has 0 aliphatic rings. The number of nitriles is 1. The highest BCUT2D eigenvalue weighted by molar-refractivity contribution is 5.77. The second-order valence-corrected chi connectivity index (χ2v) is 5.38. The molecule has 0 bridgehead atoms. The Morgan fingerprint density at radius 1 is 1.46 bits per heavy atom. The van der Waals surface area contributed by atoms with Gasteiger partial charge in [-0.3, -0.25) is 9.48 Å². The summed E-state index contributed by atoms with van der Waals surface area (Å²) in [6.45, 7) is 1.66. The summed E-state index contributed by atoms with van der Waals surface area (Å²) >= 11 is 0. The number of rotatable bonds is 7. The number of aromatic nitrogens is 2. The quantitative estimate of drug-likeness (QED) is 0.840. The van der Waals surface area contributed by atoms with Crippen LogP contribution in [-0.4, -0.2) is 27.8 Å². The monoisotopic (exact) mass is 334 g/mol. The van der Waals surface area contributed by atoms with Crippen LogP contribution in [0.15, 0.2) is 36.7 Å². The Morgan fingerprint density at radius 3 is 2.88 bits per heavy atom. The average Bonchev–Trinajstić information content (AvgIpc) is 3.08. The summed E-state index contributed by atoms with van der Waals surface area (Å²) in [5, 5.41) is 15.8. The predicted molar refractivity (Wildman–Crippen MR) is 80.9 cm³/mol. The first-order chi connectivity index (χ1) is 11.4. The molecule has 2 rings (SSSR count). The minimum atomic E-state index is -1.30. The Kier molecular flexibility index (Phi) is 5.47. The predicted octanol–water partition coefficient (Wildman–Crippen LogP) is 2.03. The van der Waals surface area contributed by atoms with Crippen LogP contribution in [0.1, 0.15) is 13.3 Å². The Morgan fingerprint density at radius 2 is 2.25 bits per heavy atom. The molecular formula is C16H16F2N4O2. The lowest BCUT2D eigenvalue weighted by molar-refractivity contribution is -0.122. The van der Waals surface area contributed by atoms with Gasteiger partial charge in [-0.1, -0.05) is 0 Å². The van der Waals surface area contributed by atoms with Gasteiger partial charge in [0.15, 0.2) is 17.2 Å². The molecule has 0 fully saturated rings. The van der Waals surface area contributed by atoms with Gasteiger partial charge in [-0.2, -0.15) is 10.4 Å². The number of ether oxygens (including phenoxy) is 1. The van der Waals surface area contributed by atoms with Crippen molar-refractivity contribution in [1.29, 1.82) is 5.26 Å². The molecular weight excluding hydrogens is 318 g/mol. The van der Waals surface area contributed by atoms with Gasteiger partial charge >= 0.3 is 0 Å². The number of hydrogen-bond donors (Lipinski definition) is 1. The van der Waals surface area contributed by atoms with E-state index in [9.17, 15) is 18.8 Å². The summed E-state index contributed by atoms with van der Waals surface area (Å²) in [6.07, 6.45) is 3.47. The van der Waals surface area contributed by atoms with E-state index in [1.54, 1.807) is 23.1 Å². The van der Waals surface area contributed by atoms with E-state index < -0.39 is 17.2 Å². The van der Waals surface area contributed by atoms with Crippen LogP contribution in [0.5, 0.6) is 5.75 Å². The van der Waals surface area contributed by atoms with Gasteiger partial charge < -0.3 is 10.1 Å². The van der Waals surface area contributed by atoms with Crippen LogP contribution in [0, 0.1) is 23.0 Å². The van der Waals surface area contributed by atoms with E-state index in [-0.39, 0.29) is 24.7 Å². The molecule has 1 heterocycles. The number of aryl methyl sites for hydroxylation is 1. The Hall–Kier alpha value is -2.95. The fourth-order valence-electron chi connectivity index (χ4n) is 1.91. The van der Waals surface area contributed by atoms with Crippen molar-refractivity contribution < 1.29 is 18.3 Å². The second-order valence-electron chi connectivity index (χ2n) is 5.38. The van der Waals surface area contributed by atoms with Crippen molar-refractivity contribution in [3.8, 4) is 11.8 Å². The van der Waals surface area contributed by atoms with E-state index in [1.807, 2.05) is 6.07 Å². The van der Waals surface area contributed by atoms with E-state index in [0.717, 1.165) is 12.1 Å². The summed E-state index contributed by atoms with van der Waals surface area (Å²) in [5.74, 6) is -2.31. The molecule has 2 aromatic rings. The van der Waals surface area contributed by atoms with Crippen molar-refractivity contribution >= 4 is 5.91 Å². The highest BCUT2D eigenvalue weighted by Crippen LogP contribution is 2.17. The molecule has 0 aliphatic carbocycles. The van der Waals surface area contributed by atoms with E-state index in [1.165, 1.54) is 13.0 Å². The topological polar surface area (TPSA) is 79.9 Å². The molecule has 1 aromatic heterocycles. The Balaban J connectivity index is 1.88. The van der Waals surface area contributed by atoms with Crippen LogP contribution in [0.3, 0.4) is 0 Å². The summed E-state index contributed by atoms with van der Waals surface area (Å²) in [4.78, 5) is 12.0. The molecule has 1 amide bonds. The molecule has 0 saturated heterocycles. The minimum absolute atomic E-state index is 0.0705. The Bertz CT molecular complexity index is 743. The summed E-state index contributed by atoms with van der Waals surface area (Å²) in [7, 11) is 0. The lowest BCUT2D eigenvalue weighted by Gasteiger charge is -2.23. The number of hydrogen-bond acceptors (Lipinski definition) is 4. The van der Waals surface area contributed by atoms with E-state index in [0.29, 0.717) is 6.54 Å². The van der Waals surface area contributed by atoms with Crippen LogP contribution in [0.4, 0.5) is 8.78 Å². The van der Waals surface area contributed by atoms with E-state index in [4.69, 9.17) is 4.74 Å². The maximum Gasteiger partial charge on any atom is 0.223 e. The molecule has 0 spiro atoms. The second kappa shape index (κ2) is 7.55. The third-order valence-electron chi connectivity index (χ3n) is 3.21. The van der Waals surface area contributed by atoms with Gasteiger partial charge in [-0.15, -0.1) is 0 Å². The lowest BCUT2D eigenvalue weighted by Crippen LogP contribution is -2.49. The minimum Gasteiger partial charge on any atom is -0.490 e. The molecule has 6 nitrogen and oxygen atoms in total. The largest absolute Gasteiger partial charge is 0.490 e. The zero-order chi connectivity index (χ0) is 17.6. The SMILES string of the molecule is C[C@@](C#N)(COc1ccc(F)c(F)c1)NC(=O)CCn1cccn1. The van der Waals surface area contributed by atoms with Crippen molar-refractivity contribution in [1.82, 2.24) is 15.1 Å². The highest BCUT2D eigenvalue weighted by atomic mass is 19.2. The zero-order valence-electron chi connectivity index (χ0n) is 13.0. The smallest absolute Gasteiger partial charge is 0.223 e. The van der Waals surface area contributed by atoms with Crippen LogP contribution >= 0.6 is 0 Å². The molecule has 1 aromatic carbocycles. The molecule has 0 saturated carbocycles. The molecule has 1 N–H and O–H groups in total. The molecule has 0 aliphatic heterocycles. The number of halogens is 2. The van der Waals surface area contributed by atoms with Gasteiger partial charge in [0, 0.05) is 31.4 Å². The number of nitrogens with zero attached hydrogens (tertiary/aromatic N) is 3. The van der Waals surface area contributed by atoms with E-state index in [2.05, 4.69) is 10.4 Å². The Labute approximate surface area is 137 Å². The molecule has 0 radical (unpaired) electrons. The fraction of sp³-hybridized carbons (Fsp3) is 0.312. The summed E-state index contributed by atoms with van der Waals surface area (Å²) < 4.78 is 32.9. The number of carbonyl (C=O) groups is 1. The maximum absolute atomic E-state index is 13.1. The summed E-state index contributed by atoms with van der Waals surface area (Å²) in [6, 6.07) is 6.75. The fourth-order valence-corrected chi connectivity index (χ4v) is 1.91. The van der Waals surface area contributed by atoms with Crippen LogP contribution in [0.2, 0.25) is 0 Å². The van der Waals surface area contributed by atoms with Crippen LogP contribution in [-0.2, 0) is 11.3 Å². The van der Waals surface area contributed by atoms with Gasteiger partial charge in [-0.25, -0.2) is 8.78 Å². The standard InChI is InChI=1S/C16H16F2N4O2/c1-16(10-19,11-24-12-3-4-13(17)14(18)9-12)21-15(23)5-8-22-7-2-6-20-22/h2-4,6-7,9H,5,8,11H2,1H3,(H,21,23)/t16-/m1/s1. The zero-order valence-corrected chi connectivity index (χ0v) is 13.0. The normalized spacial score (nSPS) is 12.9. The van der Waals surface area contributed by atoms with Crippen molar-refractivity contribution in [3.63, 3.8) is 0 Å². The number of nitrogens with one attached hydrogen (secondary N) is 1. The van der Waals surface area contributed by atoms with Gasteiger partial charge in [0.25, 0.3) is 0 Å². The molecule has 126 valence electrons. The maximum atomic E-state index is 13.1. The van der Waals surface area contributed by atoms with Crippen molar-refractivity contribution in [2.45, 2.75) is 25.4 Å². The first-order valence-electron chi connectivity index (χ1n) is 7.19. The molecule has 24 heavy (non-hydrogen) atoms. The highest BCUT2D eigenvalue weighted by Gasteiger charge is 2.27. The van der Waals surface area contributed by atoms with E-state index >= 15 is 0 Å². The molecule has 1 atom stereocenters. The number of carbonyl (C=O) groups excluding carboxylic acids is 1. The van der Waals surface area contributed by atoms with Gasteiger partial charge in [0.2, 0.25) is 5.91 Å².